The summed E-state index contributed by atoms with van der Waals surface area (Å²) in [5, 5.41) is 1.21. The van der Waals surface area contributed by atoms with Crippen LogP contribution in [0.3, 0.4) is 0 Å². The number of hydrogen-bond donors (Lipinski definition) is 0. The molecule has 0 unspecified atom stereocenters. The van der Waals surface area contributed by atoms with E-state index in [-0.39, 0.29) is 0 Å². The monoisotopic (exact) mass is 305 g/mol. The van der Waals surface area contributed by atoms with Gasteiger partial charge in [-0.2, -0.15) is 0 Å². The summed E-state index contributed by atoms with van der Waals surface area (Å²) in [6, 6.07) is 8.43. The van der Waals surface area contributed by atoms with Crippen molar-refractivity contribution in [3.63, 3.8) is 0 Å². The van der Waals surface area contributed by atoms with Gasteiger partial charge in [-0.3, -0.25) is 0 Å². The van der Waals surface area contributed by atoms with E-state index in [0.29, 0.717) is 10.3 Å². The van der Waals surface area contributed by atoms with E-state index in [2.05, 4.69) is 40.0 Å². The van der Waals surface area contributed by atoms with Crippen molar-refractivity contribution >= 4 is 34.9 Å². The van der Waals surface area contributed by atoms with Crippen molar-refractivity contribution in [2.24, 2.45) is 0 Å². The molecule has 0 radical (unpaired) electrons. The molecule has 0 saturated carbocycles. The van der Waals surface area contributed by atoms with Gasteiger partial charge in [-0.05, 0) is 37.7 Å². The van der Waals surface area contributed by atoms with Gasteiger partial charge in [0.1, 0.15) is 11.0 Å². The molecular weight excluding hydrogens is 290 g/mol. The van der Waals surface area contributed by atoms with Crippen LogP contribution in [0.1, 0.15) is 17.5 Å². The van der Waals surface area contributed by atoms with Gasteiger partial charge in [-0.15, -0.1) is 0 Å². The minimum atomic E-state index is 0.499. The van der Waals surface area contributed by atoms with Crippen molar-refractivity contribution in [2.75, 3.05) is 17.7 Å². The molecule has 3 nitrogen and oxygen atoms in total. The molecule has 0 atom stereocenters. The van der Waals surface area contributed by atoms with Crippen molar-refractivity contribution < 1.29 is 0 Å². The second kappa shape index (κ2) is 5.62. The van der Waals surface area contributed by atoms with Crippen molar-refractivity contribution in [2.45, 2.75) is 24.9 Å². The van der Waals surface area contributed by atoms with Crippen molar-refractivity contribution in [1.82, 2.24) is 9.97 Å². The van der Waals surface area contributed by atoms with Crippen molar-refractivity contribution in [1.29, 1.82) is 0 Å². The summed E-state index contributed by atoms with van der Waals surface area (Å²) in [6.07, 6.45) is 4.22. The number of halogens is 1. The Balaban J connectivity index is 2.06. The van der Waals surface area contributed by atoms with E-state index in [1.54, 1.807) is 0 Å². The van der Waals surface area contributed by atoms with Crippen LogP contribution in [0, 0.1) is 6.92 Å². The highest BCUT2D eigenvalue weighted by Gasteiger charge is 2.20. The standard InChI is InChI=1S/C15H16ClN3S/c1-10-5-6-12-11(8-10)4-3-7-19(12)14-9-13(16)17-15(18-14)20-2/h5-6,8-9H,3-4,7H2,1-2H3. The molecule has 1 aliphatic heterocycles. The predicted molar refractivity (Wildman–Crippen MR) is 85.3 cm³/mol. The Morgan fingerprint density at radius 2 is 2.10 bits per heavy atom. The normalized spacial score (nSPS) is 14.2. The fourth-order valence-corrected chi connectivity index (χ4v) is 3.18. The summed E-state index contributed by atoms with van der Waals surface area (Å²) in [5.74, 6) is 0.888. The molecule has 5 heteroatoms. The zero-order valence-electron chi connectivity index (χ0n) is 11.6. The predicted octanol–water partition coefficient (Wildman–Crippen LogP) is 4.24. The molecule has 104 valence electrons. The van der Waals surface area contributed by atoms with E-state index >= 15 is 0 Å². The van der Waals surface area contributed by atoms with Crippen LogP contribution in [0.4, 0.5) is 11.5 Å². The summed E-state index contributed by atoms with van der Waals surface area (Å²) in [5.41, 5.74) is 3.93. The molecule has 3 rings (SSSR count). The van der Waals surface area contributed by atoms with Crippen molar-refractivity contribution in [3.05, 3.63) is 40.5 Å². The molecule has 0 saturated heterocycles. The average Bonchev–Trinajstić information content (AvgIpc) is 2.45. The maximum Gasteiger partial charge on any atom is 0.190 e. The lowest BCUT2D eigenvalue weighted by atomic mass is 9.99. The van der Waals surface area contributed by atoms with Crippen molar-refractivity contribution in [3.8, 4) is 0 Å². The number of anilines is 2. The van der Waals surface area contributed by atoms with Crippen LogP contribution in [-0.2, 0) is 6.42 Å². The zero-order chi connectivity index (χ0) is 14.1. The van der Waals surface area contributed by atoms with Gasteiger partial charge in [-0.1, -0.05) is 41.1 Å². The second-order valence-corrected chi connectivity index (χ2v) is 6.08. The molecule has 0 aliphatic carbocycles. The SMILES string of the molecule is CSc1nc(Cl)cc(N2CCCc3cc(C)ccc32)n1. The lowest BCUT2D eigenvalue weighted by Gasteiger charge is -2.30. The van der Waals surface area contributed by atoms with Gasteiger partial charge < -0.3 is 4.90 Å². The largest absolute Gasteiger partial charge is 0.326 e. The lowest BCUT2D eigenvalue weighted by molar-refractivity contribution is 0.751. The number of nitrogens with zero attached hydrogens (tertiary/aromatic N) is 3. The highest BCUT2D eigenvalue weighted by molar-refractivity contribution is 7.98. The molecule has 0 fully saturated rings. The number of thioether (sulfide) groups is 1. The van der Waals surface area contributed by atoms with Gasteiger partial charge in [-0.25, -0.2) is 9.97 Å². The first-order chi connectivity index (χ1) is 9.67. The molecule has 2 aromatic rings. The summed E-state index contributed by atoms with van der Waals surface area (Å²) in [6.45, 7) is 3.10. The van der Waals surface area contributed by atoms with Gasteiger partial charge >= 0.3 is 0 Å². The van der Waals surface area contributed by atoms with E-state index in [9.17, 15) is 0 Å². The number of aryl methyl sites for hydroxylation is 2. The highest BCUT2D eigenvalue weighted by atomic mass is 35.5. The Hall–Kier alpha value is -1.26. The molecule has 1 aromatic carbocycles. The Labute approximate surface area is 128 Å². The van der Waals surface area contributed by atoms with Crippen LogP contribution in [0.15, 0.2) is 29.4 Å². The molecule has 20 heavy (non-hydrogen) atoms. The van der Waals surface area contributed by atoms with Gasteiger partial charge in [0.15, 0.2) is 5.16 Å². The topological polar surface area (TPSA) is 29.0 Å². The molecule has 0 spiro atoms. The first kappa shape index (κ1) is 13.7. The van der Waals surface area contributed by atoms with Crippen LogP contribution in [-0.4, -0.2) is 22.8 Å². The van der Waals surface area contributed by atoms with Gasteiger partial charge in [0.25, 0.3) is 0 Å². The smallest absolute Gasteiger partial charge is 0.190 e. The van der Waals surface area contributed by atoms with Gasteiger partial charge in [0.05, 0.1) is 0 Å². The minimum absolute atomic E-state index is 0.499. The first-order valence-electron chi connectivity index (χ1n) is 6.63. The van der Waals surface area contributed by atoms with E-state index in [4.69, 9.17) is 11.6 Å². The number of aromatic nitrogens is 2. The summed E-state index contributed by atoms with van der Waals surface area (Å²) in [7, 11) is 0. The fraction of sp³-hybridized carbons (Fsp3) is 0.333. The molecule has 0 N–H and O–H groups in total. The number of hydrogen-bond acceptors (Lipinski definition) is 4. The van der Waals surface area contributed by atoms with Crippen LogP contribution in [0.25, 0.3) is 0 Å². The van der Waals surface area contributed by atoms with Crippen LogP contribution in [0.2, 0.25) is 5.15 Å². The van der Waals surface area contributed by atoms with Crippen LogP contribution >= 0.6 is 23.4 Å². The zero-order valence-corrected chi connectivity index (χ0v) is 13.1. The molecule has 1 aliphatic rings. The maximum absolute atomic E-state index is 6.11. The third kappa shape index (κ3) is 2.63. The van der Waals surface area contributed by atoms with E-state index in [1.807, 2.05) is 12.3 Å². The van der Waals surface area contributed by atoms with Crippen LogP contribution < -0.4 is 4.90 Å². The van der Waals surface area contributed by atoms with Crippen LogP contribution in [0.5, 0.6) is 0 Å². The third-order valence-corrected chi connectivity index (χ3v) is 4.21. The Morgan fingerprint density at radius 1 is 1.25 bits per heavy atom. The number of benzene rings is 1. The maximum atomic E-state index is 6.11. The summed E-state index contributed by atoms with van der Waals surface area (Å²) >= 11 is 7.62. The molecule has 1 aromatic heterocycles. The third-order valence-electron chi connectivity index (χ3n) is 3.47. The van der Waals surface area contributed by atoms with Gasteiger partial charge in [0.2, 0.25) is 0 Å². The fourth-order valence-electron chi connectivity index (χ4n) is 2.58. The summed E-state index contributed by atoms with van der Waals surface area (Å²) < 4.78 is 0. The van der Waals surface area contributed by atoms with Gasteiger partial charge in [0, 0.05) is 18.3 Å². The molecule has 0 bridgehead atoms. The second-order valence-electron chi connectivity index (χ2n) is 4.92. The summed E-state index contributed by atoms with van der Waals surface area (Å²) in [4.78, 5) is 11.0. The Bertz CT molecular complexity index is 645. The van der Waals surface area contributed by atoms with E-state index < -0.39 is 0 Å². The average molecular weight is 306 g/mol. The minimum Gasteiger partial charge on any atom is -0.326 e. The number of fused-ring (bicyclic) bond motifs is 1. The first-order valence-corrected chi connectivity index (χ1v) is 8.23. The molecule has 2 heterocycles. The highest BCUT2D eigenvalue weighted by Crippen LogP contribution is 2.34. The molecule has 0 amide bonds. The molecular formula is C15H16ClN3S. The Kier molecular flexibility index (Phi) is 3.85. The van der Waals surface area contributed by atoms with E-state index in [0.717, 1.165) is 25.2 Å². The quantitative estimate of drug-likeness (QED) is 0.471. The Morgan fingerprint density at radius 3 is 2.90 bits per heavy atom. The number of rotatable bonds is 2. The lowest BCUT2D eigenvalue weighted by Crippen LogP contribution is -2.25. The van der Waals surface area contributed by atoms with E-state index in [1.165, 1.54) is 28.6 Å².